The molecule has 0 heterocycles. The van der Waals surface area contributed by atoms with Crippen LogP contribution in [0.15, 0.2) is 48.5 Å². The first-order chi connectivity index (χ1) is 13.3. The van der Waals surface area contributed by atoms with E-state index in [0.717, 1.165) is 18.1 Å². The van der Waals surface area contributed by atoms with Gasteiger partial charge in [-0.05, 0) is 73.3 Å². The molecule has 4 rings (SSSR count). The molecule has 2 fully saturated rings. The van der Waals surface area contributed by atoms with Crippen molar-refractivity contribution >= 4 is 5.91 Å². The zero-order valence-electron chi connectivity index (χ0n) is 15.8. The highest BCUT2D eigenvalue weighted by molar-refractivity contribution is 6.01. The van der Waals surface area contributed by atoms with Crippen LogP contribution < -0.4 is 5.32 Å². The summed E-state index contributed by atoms with van der Waals surface area (Å²) in [5, 5.41) is 3.15. The maximum absolute atomic E-state index is 12.9. The van der Waals surface area contributed by atoms with Crippen LogP contribution in [0.3, 0.4) is 0 Å². The lowest BCUT2D eigenvalue weighted by molar-refractivity contribution is -0.137. The second-order valence-electron chi connectivity index (χ2n) is 8.22. The van der Waals surface area contributed by atoms with E-state index >= 15 is 0 Å². The number of rotatable bonds is 4. The maximum Gasteiger partial charge on any atom is 0.416 e. The highest BCUT2D eigenvalue weighted by Crippen LogP contribution is 2.49. The molecule has 0 spiro atoms. The third kappa shape index (κ3) is 3.67. The summed E-state index contributed by atoms with van der Waals surface area (Å²) in [6.45, 7) is 2.07. The number of nitrogens with one attached hydrogen (secondary N) is 1. The Morgan fingerprint density at radius 2 is 1.75 bits per heavy atom. The molecule has 5 heteroatoms. The smallest absolute Gasteiger partial charge is 0.349 e. The first-order valence-electron chi connectivity index (χ1n) is 9.90. The summed E-state index contributed by atoms with van der Waals surface area (Å²) in [6, 6.07) is 12.2. The Bertz CT molecular complexity index is 859. The number of benzene rings is 2. The number of carbonyl (C=O) groups excluding carboxylic acids is 1. The van der Waals surface area contributed by atoms with Crippen molar-refractivity contribution in [2.24, 2.45) is 17.8 Å². The van der Waals surface area contributed by atoms with Crippen molar-refractivity contribution in [1.29, 1.82) is 0 Å². The number of fused-ring (bicyclic) bond motifs is 2. The summed E-state index contributed by atoms with van der Waals surface area (Å²) in [5.74, 6) is 1.89. The van der Waals surface area contributed by atoms with Crippen LogP contribution in [0, 0.1) is 17.8 Å². The third-order valence-corrected chi connectivity index (χ3v) is 6.49. The number of hydrogen-bond donors (Lipinski definition) is 1. The Balaban J connectivity index is 1.53. The molecule has 2 aliphatic rings. The molecule has 28 heavy (non-hydrogen) atoms. The number of halogens is 3. The Morgan fingerprint density at radius 1 is 1.04 bits per heavy atom. The second-order valence-corrected chi connectivity index (χ2v) is 8.22. The van der Waals surface area contributed by atoms with Gasteiger partial charge in [0.2, 0.25) is 0 Å². The first-order valence-corrected chi connectivity index (χ1v) is 9.90. The van der Waals surface area contributed by atoms with Gasteiger partial charge < -0.3 is 5.32 Å². The van der Waals surface area contributed by atoms with E-state index in [-0.39, 0.29) is 11.9 Å². The van der Waals surface area contributed by atoms with E-state index in [1.54, 1.807) is 24.3 Å². The van der Waals surface area contributed by atoms with E-state index in [2.05, 4.69) is 12.2 Å². The molecule has 1 N–H and O–H groups in total. The predicted octanol–water partition coefficient (Wildman–Crippen LogP) is 5.93. The van der Waals surface area contributed by atoms with E-state index < -0.39 is 11.7 Å². The van der Waals surface area contributed by atoms with E-state index in [0.29, 0.717) is 28.5 Å². The molecule has 0 saturated heterocycles. The quantitative estimate of drug-likeness (QED) is 0.692. The fourth-order valence-electron chi connectivity index (χ4n) is 5.07. The highest BCUT2D eigenvalue weighted by Gasteiger charge is 2.42. The minimum atomic E-state index is -4.37. The average Bonchev–Trinajstić information content (AvgIpc) is 3.31. The Labute approximate surface area is 163 Å². The summed E-state index contributed by atoms with van der Waals surface area (Å²) in [4.78, 5) is 12.9. The summed E-state index contributed by atoms with van der Waals surface area (Å²) >= 11 is 0. The minimum Gasteiger partial charge on any atom is -0.349 e. The molecule has 2 aromatic rings. The molecule has 2 aliphatic carbocycles. The Kier molecular flexibility index (Phi) is 4.94. The monoisotopic (exact) mass is 387 g/mol. The van der Waals surface area contributed by atoms with Crippen molar-refractivity contribution in [2.45, 2.75) is 44.8 Å². The largest absolute Gasteiger partial charge is 0.416 e. The van der Waals surface area contributed by atoms with E-state index in [1.807, 2.05) is 0 Å². The Hall–Kier alpha value is -2.30. The summed E-state index contributed by atoms with van der Waals surface area (Å²) in [5.41, 5.74) is 1.06. The fraction of sp³-hybridized carbons (Fsp3) is 0.435. The lowest BCUT2D eigenvalue weighted by Crippen LogP contribution is -2.40. The normalized spacial score (nSPS) is 24.9. The van der Waals surface area contributed by atoms with Crippen LogP contribution in [-0.4, -0.2) is 11.9 Å². The molecule has 2 saturated carbocycles. The number of hydrogen-bond acceptors (Lipinski definition) is 1. The standard InChI is InChI=1S/C23H24F3NO/c1-14(21-13-15-6-7-17(21)12-15)27-22(28)20-5-3-2-4-19(20)16-8-10-18(11-9-16)23(24,25)26/h2-5,8-11,14-15,17,21H,6-7,12-13H2,1H3,(H,27,28)/t14-,15-,17-,21-/m0/s1. The van der Waals surface area contributed by atoms with Crippen LogP contribution in [0.4, 0.5) is 13.2 Å². The summed E-state index contributed by atoms with van der Waals surface area (Å²) in [6.07, 6.45) is 0.682. The topological polar surface area (TPSA) is 29.1 Å². The van der Waals surface area contributed by atoms with Crippen LogP contribution in [0.25, 0.3) is 11.1 Å². The maximum atomic E-state index is 12.9. The van der Waals surface area contributed by atoms with Crippen molar-refractivity contribution in [1.82, 2.24) is 5.32 Å². The molecule has 0 aromatic heterocycles. The van der Waals surface area contributed by atoms with Gasteiger partial charge in [0.15, 0.2) is 0 Å². The fourth-order valence-corrected chi connectivity index (χ4v) is 5.07. The molecule has 1 amide bonds. The molecule has 4 atom stereocenters. The van der Waals surface area contributed by atoms with Crippen LogP contribution >= 0.6 is 0 Å². The van der Waals surface area contributed by atoms with Gasteiger partial charge in [-0.3, -0.25) is 4.79 Å². The minimum absolute atomic E-state index is 0.100. The van der Waals surface area contributed by atoms with Crippen molar-refractivity contribution < 1.29 is 18.0 Å². The molecule has 0 radical (unpaired) electrons. The number of alkyl halides is 3. The lowest BCUT2D eigenvalue weighted by Gasteiger charge is -2.28. The van der Waals surface area contributed by atoms with Crippen molar-refractivity contribution in [3.8, 4) is 11.1 Å². The SMILES string of the molecule is C[C@H](NC(=O)c1ccccc1-c1ccc(C(F)(F)F)cc1)[C@@H]1C[C@H]2CC[C@H]1C2. The van der Waals surface area contributed by atoms with Gasteiger partial charge in [-0.25, -0.2) is 0 Å². The highest BCUT2D eigenvalue weighted by atomic mass is 19.4. The summed E-state index contributed by atoms with van der Waals surface area (Å²) in [7, 11) is 0. The van der Waals surface area contributed by atoms with Crippen molar-refractivity contribution in [3.05, 3.63) is 59.7 Å². The number of carbonyl (C=O) groups is 1. The van der Waals surface area contributed by atoms with Gasteiger partial charge in [-0.15, -0.1) is 0 Å². The average molecular weight is 387 g/mol. The zero-order chi connectivity index (χ0) is 19.9. The zero-order valence-corrected chi connectivity index (χ0v) is 15.8. The van der Waals surface area contributed by atoms with Gasteiger partial charge >= 0.3 is 6.18 Å². The molecule has 2 nitrogen and oxygen atoms in total. The van der Waals surface area contributed by atoms with Gasteiger partial charge in [0.05, 0.1) is 5.56 Å². The van der Waals surface area contributed by atoms with E-state index in [9.17, 15) is 18.0 Å². The number of amides is 1. The van der Waals surface area contributed by atoms with Crippen molar-refractivity contribution in [2.75, 3.05) is 0 Å². The molecule has 0 unspecified atom stereocenters. The van der Waals surface area contributed by atoms with Crippen LogP contribution in [-0.2, 0) is 6.18 Å². The van der Waals surface area contributed by atoms with Crippen LogP contribution in [0.2, 0.25) is 0 Å². The van der Waals surface area contributed by atoms with Gasteiger partial charge in [-0.1, -0.05) is 36.8 Å². The van der Waals surface area contributed by atoms with Gasteiger partial charge in [0.25, 0.3) is 5.91 Å². The Morgan fingerprint density at radius 3 is 2.36 bits per heavy atom. The van der Waals surface area contributed by atoms with Crippen molar-refractivity contribution in [3.63, 3.8) is 0 Å². The van der Waals surface area contributed by atoms with Gasteiger partial charge in [0.1, 0.15) is 0 Å². The first kappa shape index (κ1) is 19.0. The molecule has 2 aromatic carbocycles. The lowest BCUT2D eigenvalue weighted by atomic mass is 9.84. The molecular formula is C23H24F3NO. The third-order valence-electron chi connectivity index (χ3n) is 6.49. The second kappa shape index (κ2) is 7.26. The van der Waals surface area contributed by atoms with Gasteiger partial charge in [-0.2, -0.15) is 13.2 Å². The molecule has 148 valence electrons. The summed E-state index contributed by atoms with van der Waals surface area (Å²) < 4.78 is 38.5. The van der Waals surface area contributed by atoms with E-state index in [4.69, 9.17) is 0 Å². The van der Waals surface area contributed by atoms with E-state index in [1.165, 1.54) is 37.8 Å². The van der Waals surface area contributed by atoms with Gasteiger partial charge in [0, 0.05) is 11.6 Å². The molecular weight excluding hydrogens is 363 g/mol. The van der Waals surface area contributed by atoms with Crippen LogP contribution in [0.5, 0.6) is 0 Å². The molecule has 0 aliphatic heterocycles. The predicted molar refractivity (Wildman–Crippen MR) is 103 cm³/mol. The van der Waals surface area contributed by atoms with Crippen LogP contribution in [0.1, 0.15) is 48.5 Å². The molecule has 2 bridgehead atoms.